The van der Waals surface area contributed by atoms with E-state index in [4.69, 9.17) is 21.1 Å². The molecule has 1 unspecified atom stereocenters. The fourth-order valence-electron chi connectivity index (χ4n) is 2.49. The fourth-order valence-corrected chi connectivity index (χ4v) is 2.71. The lowest BCUT2D eigenvalue weighted by Gasteiger charge is -2.25. The summed E-state index contributed by atoms with van der Waals surface area (Å²) in [7, 11) is 1.59. The lowest BCUT2D eigenvalue weighted by molar-refractivity contribution is -0.121. The van der Waals surface area contributed by atoms with Crippen molar-refractivity contribution in [1.82, 2.24) is 0 Å². The zero-order chi connectivity index (χ0) is 16.4. The van der Waals surface area contributed by atoms with Crippen molar-refractivity contribution in [2.75, 3.05) is 19.0 Å². The van der Waals surface area contributed by atoms with E-state index in [2.05, 4.69) is 5.32 Å². The third-order valence-corrected chi connectivity index (χ3v) is 4.05. The molecule has 0 spiro atoms. The van der Waals surface area contributed by atoms with Crippen LogP contribution in [-0.2, 0) is 11.2 Å². The molecule has 1 aliphatic rings. The Hall–Kier alpha value is -2.27. The average Bonchev–Trinajstić information content (AvgIpc) is 2.56. The Morgan fingerprint density at radius 1 is 1.35 bits per heavy atom. The molecule has 3 rings (SSSR count). The van der Waals surface area contributed by atoms with Crippen molar-refractivity contribution in [1.29, 1.82) is 0 Å². The summed E-state index contributed by atoms with van der Waals surface area (Å²) < 4.78 is 23.9. The van der Waals surface area contributed by atoms with Gasteiger partial charge in [-0.1, -0.05) is 11.6 Å². The summed E-state index contributed by atoms with van der Waals surface area (Å²) in [6.45, 7) is 0.282. The molecule has 2 aromatic carbocycles. The molecule has 23 heavy (non-hydrogen) atoms. The largest absolute Gasteiger partial charge is 0.497 e. The minimum absolute atomic E-state index is 0.164. The molecule has 6 heteroatoms. The van der Waals surface area contributed by atoms with Gasteiger partial charge in [-0.2, -0.15) is 0 Å². The van der Waals surface area contributed by atoms with E-state index >= 15 is 0 Å². The second kappa shape index (κ2) is 6.46. The van der Waals surface area contributed by atoms with Gasteiger partial charge in [0.1, 0.15) is 23.9 Å². The van der Waals surface area contributed by atoms with Crippen LogP contribution < -0.4 is 14.8 Å². The smallest absolute Gasteiger partial charge is 0.231 e. The highest BCUT2D eigenvalue weighted by molar-refractivity contribution is 6.33. The average molecular weight is 336 g/mol. The number of nitrogens with one attached hydrogen (secondary N) is 1. The van der Waals surface area contributed by atoms with Crippen LogP contribution in [0, 0.1) is 11.7 Å². The lowest BCUT2D eigenvalue weighted by Crippen LogP contribution is -2.32. The summed E-state index contributed by atoms with van der Waals surface area (Å²) in [6.07, 6.45) is 0.539. The number of amides is 1. The standard InChI is InChI=1S/C17H15ClFNO3/c1-22-13-3-5-16-10(7-13)6-11(9-23-16)17(21)20-15-4-2-12(19)8-14(15)18/h2-5,7-8,11H,6,9H2,1H3,(H,20,21). The van der Waals surface area contributed by atoms with E-state index in [-0.39, 0.29) is 23.5 Å². The summed E-state index contributed by atoms with van der Waals surface area (Å²) >= 11 is 5.93. The predicted octanol–water partition coefficient (Wildman–Crippen LogP) is 3.68. The van der Waals surface area contributed by atoms with E-state index in [1.807, 2.05) is 18.2 Å². The molecule has 1 atom stereocenters. The number of hydrogen-bond donors (Lipinski definition) is 1. The van der Waals surface area contributed by atoms with Crippen LogP contribution in [0.5, 0.6) is 11.5 Å². The van der Waals surface area contributed by atoms with E-state index in [0.29, 0.717) is 12.1 Å². The normalized spacial score (nSPS) is 16.2. The van der Waals surface area contributed by atoms with E-state index < -0.39 is 5.82 Å². The van der Waals surface area contributed by atoms with Crippen LogP contribution in [0.25, 0.3) is 0 Å². The molecule has 1 N–H and O–H groups in total. The van der Waals surface area contributed by atoms with Crippen LogP contribution in [0.2, 0.25) is 5.02 Å². The van der Waals surface area contributed by atoms with Gasteiger partial charge in [-0.3, -0.25) is 4.79 Å². The van der Waals surface area contributed by atoms with Gasteiger partial charge in [0.15, 0.2) is 0 Å². The molecule has 0 aliphatic carbocycles. The molecule has 1 amide bonds. The molecule has 0 saturated heterocycles. The van der Waals surface area contributed by atoms with Crippen molar-refractivity contribution >= 4 is 23.2 Å². The number of rotatable bonds is 3. The van der Waals surface area contributed by atoms with Crippen molar-refractivity contribution in [2.45, 2.75) is 6.42 Å². The number of carbonyl (C=O) groups is 1. The van der Waals surface area contributed by atoms with Gasteiger partial charge in [-0.05, 0) is 48.4 Å². The maximum absolute atomic E-state index is 13.0. The first-order chi connectivity index (χ1) is 11.1. The molecule has 1 heterocycles. The maximum atomic E-state index is 13.0. The van der Waals surface area contributed by atoms with Crippen LogP contribution in [0.4, 0.5) is 10.1 Å². The molecule has 4 nitrogen and oxygen atoms in total. The first kappa shape index (κ1) is 15.6. The van der Waals surface area contributed by atoms with Crippen LogP contribution >= 0.6 is 11.6 Å². The van der Waals surface area contributed by atoms with Gasteiger partial charge < -0.3 is 14.8 Å². The number of hydrogen-bond acceptors (Lipinski definition) is 3. The number of methoxy groups -OCH3 is 1. The molecular formula is C17H15ClFNO3. The molecule has 2 aromatic rings. The number of carbonyl (C=O) groups excluding carboxylic acids is 1. The molecule has 1 aliphatic heterocycles. The topological polar surface area (TPSA) is 47.6 Å². The summed E-state index contributed by atoms with van der Waals surface area (Å²) in [6, 6.07) is 9.36. The molecule has 0 bridgehead atoms. The Kier molecular flexibility index (Phi) is 4.39. The minimum atomic E-state index is -0.449. The van der Waals surface area contributed by atoms with Crippen LogP contribution in [0.15, 0.2) is 36.4 Å². The summed E-state index contributed by atoms with van der Waals surface area (Å²) in [4.78, 5) is 12.4. The molecule has 0 radical (unpaired) electrons. The highest BCUT2D eigenvalue weighted by atomic mass is 35.5. The van der Waals surface area contributed by atoms with Crippen molar-refractivity contribution < 1.29 is 18.7 Å². The van der Waals surface area contributed by atoms with Crippen LogP contribution in [0.3, 0.4) is 0 Å². The van der Waals surface area contributed by atoms with Gasteiger partial charge in [0.2, 0.25) is 5.91 Å². The lowest BCUT2D eigenvalue weighted by atomic mass is 9.95. The quantitative estimate of drug-likeness (QED) is 0.930. The molecule has 120 valence electrons. The number of fused-ring (bicyclic) bond motifs is 1. The zero-order valence-electron chi connectivity index (χ0n) is 12.4. The van der Waals surface area contributed by atoms with Crippen molar-refractivity contribution in [3.8, 4) is 11.5 Å². The summed E-state index contributed by atoms with van der Waals surface area (Å²) in [5.41, 5.74) is 1.30. The SMILES string of the molecule is COc1ccc2c(c1)CC(C(=O)Nc1ccc(F)cc1Cl)CO2. The molecular weight excluding hydrogens is 321 g/mol. The Morgan fingerprint density at radius 2 is 2.17 bits per heavy atom. The van der Waals surface area contributed by atoms with E-state index in [1.54, 1.807) is 7.11 Å². The third kappa shape index (κ3) is 3.40. The molecule has 0 fully saturated rings. The first-order valence-electron chi connectivity index (χ1n) is 7.12. The van der Waals surface area contributed by atoms with Gasteiger partial charge in [-0.25, -0.2) is 4.39 Å². The molecule has 0 saturated carbocycles. The number of ether oxygens (including phenoxy) is 2. The van der Waals surface area contributed by atoms with Crippen LogP contribution in [-0.4, -0.2) is 19.6 Å². The Balaban J connectivity index is 1.73. The summed E-state index contributed by atoms with van der Waals surface area (Å²) in [5, 5.41) is 2.88. The molecule has 0 aromatic heterocycles. The Bertz CT molecular complexity index is 751. The fraction of sp³-hybridized carbons (Fsp3) is 0.235. The van der Waals surface area contributed by atoms with E-state index in [0.717, 1.165) is 23.1 Å². The monoisotopic (exact) mass is 335 g/mol. The predicted molar refractivity (Wildman–Crippen MR) is 85.7 cm³/mol. The van der Waals surface area contributed by atoms with Gasteiger partial charge in [0.25, 0.3) is 0 Å². The van der Waals surface area contributed by atoms with Crippen molar-refractivity contribution in [3.63, 3.8) is 0 Å². The van der Waals surface area contributed by atoms with Crippen LogP contribution in [0.1, 0.15) is 5.56 Å². The first-order valence-corrected chi connectivity index (χ1v) is 7.50. The minimum Gasteiger partial charge on any atom is -0.497 e. The van der Waals surface area contributed by atoms with Gasteiger partial charge in [0.05, 0.1) is 23.7 Å². The van der Waals surface area contributed by atoms with Crippen molar-refractivity contribution in [2.24, 2.45) is 5.92 Å². The maximum Gasteiger partial charge on any atom is 0.231 e. The highest BCUT2D eigenvalue weighted by Gasteiger charge is 2.26. The van der Waals surface area contributed by atoms with Gasteiger partial charge in [-0.15, -0.1) is 0 Å². The highest BCUT2D eigenvalue weighted by Crippen LogP contribution is 2.31. The second-order valence-electron chi connectivity index (χ2n) is 5.30. The second-order valence-corrected chi connectivity index (χ2v) is 5.71. The third-order valence-electron chi connectivity index (χ3n) is 3.73. The van der Waals surface area contributed by atoms with E-state index in [9.17, 15) is 9.18 Å². The number of anilines is 1. The number of halogens is 2. The Labute approximate surface area is 138 Å². The van der Waals surface area contributed by atoms with Crippen molar-refractivity contribution in [3.05, 3.63) is 52.8 Å². The van der Waals surface area contributed by atoms with E-state index in [1.165, 1.54) is 12.1 Å². The van der Waals surface area contributed by atoms with Gasteiger partial charge >= 0.3 is 0 Å². The summed E-state index contributed by atoms with van der Waals surface area (Å²) in [5.74, 6) is 0.461. The zero-order valence-corrected chi connectivity index (χ0v) is 13.2. The Morgan fingerprint density at radius 3 is 2.91 bits per heavy atom. The van der Waals surface area contributed by atoms with Gasteiger partial charge in [0, 0.05) is 0 Å². The number of benzene rings is 2.